The summed E-state index contributed by atoms with van der Waals surface area (Å²) in [5.74, 6) is -0.662. The van der Waals surface area contributed by atoms with Gasteiger partial charge in [-0.25, -0.2) is 9.37 Å². The second-order valence-corrected chi connectivity index (χ2v) is 5.88. The van der Waals surface area contributed by atoms with E-state index in [1.807, 2.05) is 31.2 Å². The first-order chi connectivity index (χ1) is 12.0. The number of rotatable bonds is 4. The molecule has 0 aliphatic carbocycles. The Morgan fingerprint density at radius 2 is 1.76 bits per heavy atom. The molecule has 0 radical (unpaired) electrons. The lowest BCUT2D eigenvalue weighted by molar-refractivity contribution is 0.102. The first kappa shape index (κ1) is 16.9. The summed E-state index contributed by atoms with van der Waals surface area (Å²) in [5.41, 5.74) is 2.33. The third kappa shape index (κ3) is 4.14. The van der Waals surface area contributed by atoms with Gasteiger partial charge in [0.05, 0.1) is 22.5 Å². The van der Waals surface area contributed by atoms with Gasteiger partial charge in [0.15, 0.2) is 0 Å². The molecule has 3 aromatic rings. The molecule has 0 fully saturated rings. The quantitative estimate of drug-likeness (QED) is 0.678. The minimum absolute atomic E-state index is 0.0584. The molecule has 0 spiro atoms. The molecule has 0 unspecified atom stereocenters. The highest BCUT2D eigenvalue weighted by molar-refractivity contribution is 6.34. The van der Waals surface area contributed by atoms with Gasteiger partial charge in [0, 0.05) is 5.69 Å². The van der Waals surface area contributed by atoms with Gasteiger partial charge in [-0.15, -0.1) is 0 Å². The van der Waals surface area contributed by atoms with Crippen LogP contribution in [0, 0.1) is 12.7 Å². The van der Waals surface area contributed by atoms with Crippen LogP contribution >= 0.6 is 11.6 Å². The fourth-order valence-corrected chi connectivity index (χ4v) is 2.48. The fourth-order valence-electron chi connectivity index (χ4n) is 2.23. The number of carbonyl (C=O) groups is 1. The Labute approximate surface area is 149 Å². The number of benzene rings is 2. The summed E-state index contributed by atoms with van der Waals surface area (Å²) in [5, 5.41) is 5.80. The molecule has 2 N–H and O–H groups in total. The number of hydrogen-bond donors (Lipinski definition) is 2. The molecule has 0 saturated heterocycles. The van der Waals surface area contributed by atoms with Crippen molar-refractivity contribution in [1.82, 2.24) is 4.98 Å². The number of hydrogen-bond acceptors (Lipinski definition) is 3. The van der Waals surface area contributed by atoms with E-state index in [1.165, 1.54) is 30.0 Å². The van der Waals surface area contributed by atoms with E-state index in [4.69, 9.17) is 11.6 Å². The average molecular weight is 356 g/mol. The van der Waals surface area contributed by atoms with Gasteiger partial charge in [0.2, 0.25) is 0 Å². The third-order valence-corrected chi connectivity index (χ3v) is 3.85. The molecule has 1 heterocycles. The zero-order valence-corrected chi connectivity index (χ0v) is 14.1. The first-order valence-corrected chi connectivity index (χ1v) is 7.96. The molecule has 4 nitrogen and oxygen atoms in total. The Kier molecular flexibility index (Phi) is 4.95. The van der Waals surface area contributed by atoms with Gasteiger partial charge in [-0.05, 0) is 43.3 Å². The largest absolute Gasteiger partial charge is 0.340 e. The number of nitrogens with one attached hydrogen (secondary N) is 2. The molecule has 0 aliphatic rings. The summed E-state index contributed by atoms with van der Waals surface area (Å²) in [4.78, 5) is 16.4. The smallest absolute Gasteiger partial charge is 0.260 e. The molecule has 0 bridgehead atoms. The zero-order valence-electron chi connectivity index (χ0n) is 13.4. The predicted octanol–water partition coefficient (Wildman–Crippen LogP) is 5.18. The molecule has 1 aromatic heterocycles. The van der Waals surface area contributed by atoms with Gasteiger partial charge >= 0.3 is 0 Å². The Hall–Kier alpha value is -2.92. The van der Waals surface area contributed by atoms with Crippen LogP contribution in [0.15, 0.2) is 60.8 Å². The summed E-state index contributed by atoms with van der Waals surface area (Å²) in [7, 11) is 0. The highest BCUT2D eigenvalue weighted by Gasteiger charge is 2.15. The lowest BCUT2D eigenvalue weighted by Gasteiger charge is -2.09. The van der Waals surface area contributed by atoms with Crippen LogP contribution in [0.1, 0.15) is 15.9 Å². The van der Waals surface area contributed by atoms with E-state index < -0.39 is 11.7 Å². The third-order valence-electron chi connectivity index (χ3n) is 3.54. The minimum atomic E-state index is -0.671. The molecule has 2 aromatic carbocycles. The summed E-state index contributed by atoms with van der Waals surface area (Å²) in [6.07, 6.45) is 1.49. The van der Waals surface area contributed by atoms with Crippen molar-refractivity contribution in [3.05, 3.63) is 82.8 Å². The molecule has 0 atom stereocenters. The number of halogens is 2. The van der Waals surface area contributed by atoms with E-state index in [9.17, 15) is 9.18 Å². The fraction of sp³-hybridized carbons (Fsp3) is 0.0526. The number of nitrogens with zero attached hydrogens (tertiary/aromatic N) is 1. The average Bonchev–Trinajstić information content (AvgIpc) is 2.58. The topological polar surface area (TPSA) is 54.0 Å². The number of carbonyl (C=O) groups excluding carboxylic acids is 1. The van der Waals surface area contributed by atoms with Crippen LogP contribution in [-0.4, -0.2) is 10.9 Å². The van der Waals surface area contributed by atoms with Gasteiger partial charge in [-0.3, -0.25) is 4.79 Å². The Morgan fingerprint density at radius 3 is 2.40 bits per heavy atom. The van der Waals surface area contributed by atoms with Gasteiger partial charge in [0.1, 0.15) is 11.6 Å². The number of anilines is 3. The number of aryl methyl sites for hydroxylation is 1. The lowest BCUT2D eigenvalue weighted by atomic mass is 10.2. The number of aromatic nitrogens is 1. The maximum Gasteiger partial charge on any atom is 0.260 e. The Bertz CT molecular complexity index is 875. The molecular formula is C19H15ClFN3O. The molecule has 25 heavy (non-hydrogen) atoms. The summed E-state index contributed by atoms with van der Waals surface area (Å²) in [6, 6.07) is 15.4. The van der Waals surface area contributed by atoms with Crippen LogP contribution in [-0.2, 0) is 0 Å². The van der Waals surface area contributed by atoms with Crippen molar-refractivity contribution in [3.8, 4) is 0 Å². The number of amides is 1. The van der Waals surface area contributed by atoms with Crippen molar-refractivity contribution >= 4 is 34.7 Å². The summed E-state index contributed by atoms with van der Waals surface area (Å²) >= 11 is 5.89. The van der Waals surface area contributed by atoms with Crippen LogP contribution in [0.4, 0.5) is 21.6 Å². The van der Waals surface area contributed by atoms with Gasteiger partial charge < -0.3 is 10.6 Å². The standard InChI is InChI=1S/C19H15ClFN3O/c1-12-5-7-13(8-6-12)23-17-10-9-14(11-22-17)24-19(25)18-15(20)3-2-4-16(18)21/h2-11H,1H3,(H,22,23)(H,24,25). The molecule has 0 aliphatic heterocycles. The van der Waals surface area contributed by atoms with E-state index in [1.54, 1.807) is 12.1 Å². The maximum absolute atomic E-state index is 13.8. The van der Waals surface area contributed by atoms with E-state index in [0.717, 1.165) is 5.69 Å². The van der Waals surface area contributed by atoms with E-state index in [2.05, 4.69) is 15.6 Å². The maximum atomic E-state index is 13.8. The normalized spacial score (nSPS) is 10.4. The monoisotopic (exact) mass is 355 g/mol. The molecule has 6 heteroatoms. The van der Waals surface area contributed by atoms with Crippen LogP contribution in [0.2, 0.25) is 5.02 Å². The first-order valence-electron chi connectivity index (χ1n) is 7.58. The molecule has 1 amide bonds. The molecule has 0 saturated carbocycles. The molecular weight excluding hydrogens is 341 g/mol. The van der Waals surface area contributed by atoms with Crippen molar-refractivity contribution in [1.29, 1.82) is 0 Å². The van der Waals surface area contributed by atoms with Crippen LogP contribution in [0.25, 0.3) is 0 Å². The Morgan fingerprint density at radius 1 is 1.04 bits per heavy atom. The van der Waals surface area contributed by atoms with E-state index >= 15 is 0 Å². The SMILES string of the molecule is Cc1ccc(Nc2ccc(NC(=O)c3c(F)cccc3Cl)cn2)cc1. The van der Waals surface area contributed by atoms with Crippen molar-refractivity contribution < 1.29 is 9.18 Å². The van der Waals surface area contributed by atoms with Crippen LogP contribution in [0.3, 0.4) is 0 Å². The number of pyridine rings is 1. The van der Waals surface area contributed by atoms with Crippen molar-refractivity contribution in [3.63, 3.8) is 0 Å². The predicted molar refractivity (Wildman–Crippen MR) is 98.1 cm³/mol. The lowest BCUT2D eigenvalue weighted by Crippen LogP contribution is -2.14. The van der Waals surface area contributed by atoms with Gasteiger partial charge in [-0.1, -0.05) is 35.4 Å². The van der Waals surface area contributed by atoms with Crippen molar-refractivity contribution in [2.24, 2.45) is 0 Å². The second kappa shape index (κ2) is 7.32. The summed E-state index contributed by atoms with van der Waals surface area (Å²) in [6.45, 7) is 2.02. The van der Waals surface area contributed by atoms with Crippen molar-refractivity contribution in [2.45, 2.75) is 6.92 Å². The van der Waals surface area contributed by atoms with Gasteiger partial charge in [-0.2, -0.15) is 0 Å². The second-order valence-electron chi connectivity index (χ2n) is 5.47. The van der Waals surface area contributed by atoms with Gasteiger partial charge in [0.25, 0.3) is 5.91 Å². The van der Waals surface area contributed by atoms with Crippen LogP contribution in [0.5, 0.6) is 0 Å². The molecule has 3 rings (SSSR count). The highest BCUT2D eigenvalue weighted by Crippen LogP contribution is 2.21. The van der Waals surface area contributed by atoms with Crippen molar-refractivity contribution in [2.75, 3.05) is 10.6 Å². The zero-order chi connectivity index (χ0) is 17.8. The van der Waals surface area contributed by atoms with Crippen LogP contribution < -0.4 is 10.6 Å². The molecule has 126 valence electrons. The van der Waals surface area contributed by atoms with E-state index in [0.29, 0.717) is 11.5 Å². The summed E-state index contributed by atoms with van der Waals surface area (Å²) < 4.78 is 13.8. The Balaban J connectivity index is 1.70. The highest BCUT2D eigenvalue weighted by atomic mass is 35.5. The van der Waals surface area contributed by atoms with E-state index in [-0.39, 0.29) is 10.6 Å². The minimum Gasteiger partial charge on any atom is -0.340 e.